The predicted octanol–water partition coefficient (Wildman–Crippen LogP) is 2.05. The first kappa shape index (κ1) is 10.3. The van der Waals surface area contributed by atoms with Crippen molar-refractivity contribution < 1.29 is 0 Å². The van der Waals surface area contributed by atoms with Gasteiger partial charge in [-0.3, -0.25) is 0 Å². The summed E-state index contributed by atoms with van der Waals surface area (Å²) in [5, 5.41) is 7.90. The van der Waals surface area contributed by atoms with Crippen molar-refractivity contribution in [2.75, 3.05) is 0 Å². The van der Waals surface area contributed by atoms with Crippen LogP contribution in [0.5, 0.6) is 0 Å². The fourth-order valence-electron chi connectivity index (χ4n) is 1.36. The van der Waals surface area contributed by atoms with E-state index in [1.54, 1.807) is 10.9 Å². The van der Waals surface area contributed by atoms with Crippen LogP contribution in [0.25, 0.3) is 5.69 Å². The van der Waals surface area contributed by atoms with Gasteiger partial charge in [0.1, 0.15) is 0 Å². The van der Waals surface area contributed by atoms with E-state index in [4.69, 9.17) is 5.73 Å². The molecule has 1 unspecified atom stereocenters. The summed E-state index contributed by atoms with van der Waals surface area (Å²) in [5.74, 6) is 0. The number of nitrogens with zero attached hydrogens (tertiary/aromatic N) is 3. The van der Waals surface area contributed by atoms with Crippen LogP contribution in [0.4, 0.5) is 0 Å². The molecule has 4 nitrogen and oxygen atoms in total. The minimum atomic E-state index is -0.0906. The number of rotatable bonds is 2. The molecule has 2 N–H and O–H groups in total. The Hall–Kier alpha value is -1.20. The Morgan fingerprint density at radius 2 is 2.13 bits per heavy atom. The van der Waals surface area contributed by atoms with Gasteiger partial charge < -0.3 is 5.73 Å². The van der Waals surface area contributed by atoms with E-state index in [-0.39, 0.29) is 6.04 Å². The van der Waals surface area contributed by atoms with Crippen molar-refractivity contribution in [3.8, 4) is 5.69 Å². The summed E-state index contributed by atoms with van der Waals surface area (Å²) < 4.78 is 2.71. The summed E-state index contributed by atoms with van der Waals surface area (Å²) >= 11 is 3.47. The molecule has 0 aliphatic carbocycles. The number of halogens is 1. The highest BCUT2D eigenvalue weighted by molar-refractivity contribution is 9.10. The molecule has 1 heterocycles. The van der Waals surface area contributed by atoms with Crippen molar-refractivity contribution in [2.45, 2.75) is 13.0 Å². The summed E-state index contributed by atoms with van der Waals surface area (Å²) in [5.41, 5.74) is 7.67. The van der Waals surface area contributed by atoms with Crippen molar-refractivity contribution in [1.29, 1.82) is 0 Å². The van der Waals surface area contributed by atoms with E-state index in [9.17, 15) is 0 Å². The van der Waals surface area contributed by atoms with E-state index in [0.29, 0.717) is 0 Å². The molecule has 0 saturated heterocycles. The molecule has 0 bridgehead atoms. The molecule has 1 aromatic carbocycles. The Morgan fingerprint density at radius 1 is 1.40 bits per heavy atom. The zero-order valence-corrected chi connectivity index (χ0v) is 9.85. The highest BCUT2D eigenvalue weighted by Gasteiger charge is 2.11. The Kier molecular flexibility index (Phi) is 2.83. The van der Waals surface area contributed by atoms with Gasteiger partial charge in [0.15, 0.2) is 0 Å². The van der Waals surface area contributed by atoms with Crippen LogP contribution in [-0.4, -0.2) is 15.0 Å². The van der Waals surface area contributed by atoms with Crippen LogP contribution in [0.1, 0.15) is 18.7 Å². The van der Waals surface area contributed by atoms with Crippen molar-refractivity contribution in [3.63, 3.8) is 0 Å². The van der Waals surface area contributed by atoms with Crippen molar-refractivity contribution >= 4 is 15.9 Å². The summed E-state index contributed by atoms with van der Waals surface area (Å²) in [6.07, 6.45) is 1.68. The van der Waals surface area contributed by atoms with Gasteiger partial charge in [0.05, 0.1) is 17.6 Å². The molecule has 2 aromatic rings. The second kappa shape index (κ2) is 4.12. The molecule has 0 aliphatic heterocycles. The lowest BCUT2D eigenvalue weighted by Crippen LogP contribution is -2.12. The molecular weight excluding hydrogens is 256 g/mol. The van der Waals surface area contributed by atoms with Gasteiger partial charge in [-0.05, 0) is 35.0 Å². The zero-order chi connectivity index (χ0) is 10.8. The van der Waals surface area contributed by atoms with E-state index in [1.807, 2.05) is 31.2 Å². The normalized spacial score (nSPS) is 12.7. The summed E-state index contributed by atoms with van der Waals surface area (Å²) in [6, 6.07) is 7.74. The van der Waals surface area contributed by atoms with E-state index in [0.717, 1.165) is 15.9 Å². The summed E-state index contributed by atoms with van der Waals surface area (Å²) in [6.45, 7) is 1.91. The van der Waals surface area contributed by atoms with Crippen molar-refractivity contribution in [3.05, 3.63) is 40.6 Å². The van der Waals surface area contributed by atoms with Crippen molar-refractivity contribution in [1.82, 2.24) is 15.0 Å². The first-order valence-electron chi connectivity index (χ1n) is 4.61. The molecule has 78 valence electrons. The number of benzene rings is 1. The van der Waals surface area contributed by atoms with Gasteiger partial charge in [0.25, 0.3) is 0 Å². The predicted molar refractivity (Wildman–Crippen MR) is 61.7 cm³/mol. The maximum atomic E-state index is 5.83. The van der Waals surface area contributed by atoms with Crippen LogP contribution in [0.15, 0.2) is 34.9 Å². The molecule has 0 aliphatic rings. The van der Waals surface area contributed by atoms with E-state index in [2.05, 4.69) is 26.2 Å². The monoisotopic (exact) mass is 266 g/mol. The average molecular weight is 267 g/mol. The van der Waals surface area contributed by atoms with E-state index < -0.39 is 0 Å². The molecule has 0 fully saturated rings. The Balaban J connectivity index is 2.55. The average Bonchev–Trinajstić information content (AvgIpc) is 2.67. The van der Waals surface area contributed by atoms with Crippen LogP contribution in [0, 0.1) is 0 Å². The van der Waals surface area contributed by atoms with Gasteiger partial charge in [-0.2, -0.15) is 0 Å². The molecule has 2 rings (SSSR count). The SMILES string of the molecule is CC(N)c1cnnn1-c1ccccc1Br. The zero-order valence-electron chi connectivity index (χ0n) is 8.26. The molecule has 5 heteroatoms. The molecule has 1 atom stereocenters. The van der Waals surface area contributed by atoms with Gasteiger partial charge in [-0.1, -0.05) is 17.3 Å². The molecule has 15 heavy (non-hydrogen) atoms. The van der Waals surface area contributed by atoms with Gasteiger partial charge in [-0.25, -0.2) is 4.68 Å². The van der Waals surface area contributed by atoms with Crippen LogP contribution in [0.3, 0.4) is 0 Å². The Morgan fingerprint density at radius 3 is 2.80 bits per heavy atom. The lowest BCUT2D eigenvalue weighted by atomic mass is 10.2. The topological polar surface area (TPSA) is 56.7 Å². The summed E-state index contributed by atoms with van der Waals surface area (Å²) in [4.78, 5) is 0. The van der Waals surface area contributed by atoms with Crippen LogP contribution in [-0.2, 0) is 0 Å². The Labute approximate surface area is 96.2 Å². The van der Waals surface area contributed by atoms with Gasteiger partial charge in [0, 0.05) is 10.5 Å². The van der Waals surface area contributed by atoms with Gasteiger partial charge in [-0.15, -0.1) is 5.10 Å². The Bertz CT molecular complexity index is 464. The minimum absolute atomic E-state index is 0.0906. The lowest BCUT2D eigenvalue weighted by molar-refractivity contribution is 0.696. The van der Waals surface area contributed by atoms with Gasteiger partial charge >= 0.3 is 0 Å². The van der Waals surface area contributed by atoms with E-state index in [1.165, 1.54) is 0 Å². The first-order chi connectivity index (χ1) is 7.20. The number of para-hydroxylation sites is 1. The van der Waals surface area contributed by atoms with E-state index >= 15 is 0 Å². The number of nitrogens with two attached hydrogens (primary N) is 1. The van der Waals surface area contributed by atoms with Crippen LogP contribution in [0.2, 0.25) is 0 Å². The quantitative estimate of drug-likeness (QED) is 0.905. The second-order valence-electron chi connectivity index (χ2n) is 3.31. The highest BCUT2D eigenvalue weighted by atomic mass is 79.9. The van der Waals surface area contributed by atoms with Crippen molar-refractivity contribution in [2.24, 2.45) is 5.73 Å². The summed E-state index contributed by atoms with van der Waals surface area (Å²) in [7, 11) is 0. The largest absolute Gasteiger partial charge is 0.323 e. The number of hydrogen-bond donors (Lipinski definition) is 1. The van der Waals surface area contributed by atoms with Crippen LogP contribution >= 0.6 is 15.9 Å². The fourth-order valence-corrected chi connectivity index (χ4v) is 1.82. The van der Waals surface area contributed by atoms with Gasteiger partial charge in [0.2, 0.25) is 0 Å². The molecule has 0 saturated carbocycles. The lowest BCUT2D eigenvalue weighted by Gasteiger charge is -2.09. The smallest absolute Gasteiger partial charge is 0.0810 e. The maximum absolute atomic E-state index is 5.83. The third kappa shape index (κ3) is 1.93. The fraction of sp³-hybridized carbons (Fsp3) is 0.200. The maximum Gasteiger partial charge on any atom is 0.0810 e. The minimum Gasteiger partial charge on any atom is -0.323 e. The molecule has 0 spiro atoms. The molecule has 0 radical (unpaired) electrons. The standard InChI is InChI=1S/C10H11BrN4/c1-7(12)10-6-13-14-15(10)9-5-3-2-4-8(9)11/h2-7H,12H2,1H3. The third-order valence-corrected chi connectivity index (χ3v) is 2.79. The number of hydrogen-bond acceptors (Lipinski definition) is 3. The highest BCUT2D eigenvalue weighted by Crippen LogP contribution is 2.22. The molecule has 0 amide bonds. The molecular formula is C10H11BrN4. The first-order valence-corrected chi connectivity index (χ1v) is 5.40. The molecule has 1 aromatic heterocycles. The van der Waals surface area contributed by atoms with Crippen LogP contribution < -0.4 is 5.73 Å². The third-order valence-electron chi connectivity index (χ3n) is 2.12. The second-order valence-corrected chi connectivity index (χ2v) is 4.17. The number of aromatic nitrogens is 3.